The molecule has 1 aliphatic carbocycles. The first-order chi connectivity index (χ1) is 11.1. The van der Waals surface area contributed by atoms with E-state index < -0.39 is 0 Å². The van der Waals surface area contributed by atoms with Gasteiger partial charge in [0.15, 0.2) is 0 Å². The first-order valence-corrected chi connectivity index (χ1v) is 8.48. The summed E-state index contributed by atoms with van der Waals surface area (Å²) in [4.78, 5) is 15.0. The van der Waals surface area contributed by atoms with Crippen LogP contribution in [0.4, 0.5) is 0 Å². The van der Waals surface area contributed by atoms with E-state index in [0.29, 0.717) is 17.3 Å². The average Bonchev–Trinajstić information content (AvgIpc) is 2.93. The molecular formula is C21H23NO. The molecule has 4 rings (SSSR count). The maximum Gasteiger partial charge on any atom is 0.254 e. The predicted octanol–water partition coefficient (Wildman–Crippen LogP) is 4.01. The van der Waals surface area contributed by atoms with Crippen molar-refractivity contribution in [3.63, 3.8) is 0 Å². The summed E-state index contributed by atoms with van der Waals surface area (Å²) in [6, 6.07) is 18.4. The zero-order valence-electron chi connectivity index (χ0n) is 13.8. The molecule has 0 spiro atoms. The summed E-state index contributed by atoms with van der Waals surface area (Å²) in [7, 11) is 0. The number of carbonyl (C=O) groups is 1. The van der Waals surface area contributed by atoms with E-state index >= 15 is 0 Å². The van der Waals surface area contributed by atoms with Crippen LogP contribution in [-0.2, 0) is 6.42 Å². The molecule has 1 amide bonds. The largest absolute Gasteiger partial charge is 0.338 e. The van der Waals surface area contributed by atoms with Crippen molar-refractivity contribution in [2.75, 3.05) is 13.1 Å². The monoisotopic (exact) mass is 305 g/mol. The van der Waals surface area contributed by atoms with Crippen LogP contribution in [0.5, 0.6) is 0 Å². The Morgan fingerprint density at radius 2 is 1.61 bits per heavy atom. The van der Waals surface area contributed by atoms with E-state index in [-0.39, 0.29) is 5.91 Å². The van der Waals surface area contributed by atoms with Crippen molar-refractivity contribution in [2.24, 2.45) is 17.3 Å². The molecule has 118 valence electrons. The summed E-state index contributed by atoms with van der Waals surface area (Å²) in [5, 5.41) is 0. The minimum atomic E-state index is 0.208. The lowest BCUT2D eigenvalue weighted by Crippen LogP contribution is -2.33. The van der Waals surface area contributed by atoms with Gasteiger partial charge in [0.2, 0.25) is 0 Å². The zero-order chi connectivity index (χ0) is 16.0. The SMILES string of the molecule is CC1(C)[C@@H]2CN(C(=O)c3ccccc3Cc3ccccc3)C[C@@H]21. The van der Waals surface area contributed by atoms with E-state index in [2.05, 4.69) is 49.1 Å². The number of hydrogen-bond acceptors (Lipinski definition) is 1. The van der Waals surface area contributed by atoms with Crippen LogP contribution in [0.15, 0.2) is 54.6 Å². The summed E-state index contributed by atoms with van der Waals surface area (Å²) < 4.78 is 0. The number of carbonyl (C=O) groups excluding carboxylic acids is 1. The minimum absolute atomic E-state index is 0.208. The summed E-state index contributed by atoms with van der Waals surface area (Å²) in [5.74, 6) is 1.61. The third kappa shape index (κ3) is 2.46. The number of piperidine rings is 1. The standard InChI is InChI=1S/C21H23NO/c1-21(2)18-13-22(14-19(18)21)20(23)17-11-7-6-10-16(17)12-15-8-4-3-5-9-15/h3-11,18-19H,12-14H2,1-2H3/t18-,19+. The summed E-state index contributed by atoms with van der Waals surface area (Å²) >= 11 is 0. The van der Waals surface area contributed by atoms with Crippen molar-refractivity contribution < 1.29 is 4.79 Å². The second-order valence-corrected chi connectivity index (χ2v) is 7.56. The number of rotatable bonds is 3. The number of fused-ring (bicyclic) bond motifs is 1. The zero-order valence-corrected chi connectivity index (χ0v) is 13.8. The number of likely N-dealkylation sites (tertiary alicyclic amines) is 1. The van der Waals surface area contributed by atoms with Crippen LogP contribution in [0.1, 0.15) is 35.3 Å². The Balaban J connectivity index is 1.54. The smallest absolute Gasteiger partial charge is 0.254 e. The predicted molar refractivity (Wildman–Crippen MR) is 92.4 cm³/mol. The Bertz CT molecular complexity index is 721. The highest BCUT2D eigenvalue weighted by Gasteiger charge is 2.62. The normalized spacial score (nSPS) is 24.3. The van der Waals surface area contributed by atoms with E-state index in [4.69, 9.17) is 0 Å². The molecule has 0 radical (unpaired) electrons. The second kappa shape index (κ2) is 5.23. The van der Waals surface area contributed by atoms with Gasteiger partial charge in [-0.1, -0.05) is 62.4 Å². The van der Waals surface area contributed by atoms with Gasteiger partial charge in [-0.15, -0.1) is 0 Å². The topological polar surface area (TPSA) is 20.3 Å². The molecule has 0 bridgehead atoms. The number of hydrogen-bond donors (Lipinski definition) is 0. The fraction of sp³-hybridized carbons (Fsp3) is 0.381. The van der Waals surface area contributed by atoms with Crippen molar-refractivity contribution in [3.05, 3.63) is 71.3 Å². The molecule has 23 heavy (non-hydrogen) atoms. The summed E-state index contributed by atoms with van der Waals surface area (Å²) in [6.45, 7) is 6.51. The minimum Gasteiger partial charge on any atom is -0.338 e. The van der Waals surface area contributed by atoms with Crippen molar-refractivity contribution >= 4 is 5.91 Å². The Morgan fingerprint density at radius 1 is 1.00 bits per heavy atom. The Kier molecular flexibility index (Phi) is 3.29. The Morgan fingerprint density at radius 3 is 2.30 bits per heavy atom. The summed E-state index contributed by atoms with van der Waals surface area (Å²) in [5.41, 5.74) is 3.69. The first-order valence-electron chi connectivity index (χ1n) is 8.48. The fourth-order valence-electron chi connectivity index (χ4n) is 4.17. The number of amides is 1. The van der Waals surface area contributed by atoms with E-state index in [0.717, 1.165) is 30.6 Å². The van der Waals surface area contributed by atoms with Crippen LogP contribution in [0.25, 0.3) is 0 Å². The van der Waals surface area contributed by atoms with Gasteiger partial charge in [0.25, 0.3) is 5.91 Å². The highest BCUT2D eigenvalue weighted by atomic mass is 16.2. The molecule has 2 nitrogen and oxygen atoms in total. The second-order valence-electron chi connectivity index (χ2n) is 7.56. The number of benzene rings is 2. The quantitative estimate of drug-likeness (QED) is 0.839. The van der Waals surface area contributed by atoms with Crippen molar-refractivity contribution in [2.45, 2.75) is 20.3 Å². The molecule has 2 aliphatic rings. The lowest BCUT2D eigenvalue weighted by atomic mass is 9.98. The van der Waals surface area contributed by atoms with Gasteiger partial charge < -0.3 is 4.90 Å². The highest BCUT2D eigenvalue weighted by molar-refractivity contribution is 5.96. The summed E-state index contributed by atoms with van der Waals surface area (Å²) in [6.07, 6.45) is 0.814. The Hall–Kier alpha value is -2.09. The third-order valence-corrected chi connectivity index (χ3v) is 5.89. The van der Waals surface area contributed by atoms with E-state index in [1.165, 1.54) is 5.56 Å². The van der Waals surface area contributed by atoms with Crippen molar-refractivity contribution in [1.29, 1.82) is 0 Å². The van der Waals surface area contributed by atoms with Gasteiger partial charge in [-0.05, 0) is 40.9 Å². The van der Waals surface area contributed by atoms with Crippen molar-refractivity contribution in [3.8, 4) is 0 Å². The molecule has 1 aliphatic heterocycles. The lowest BCUT2D eigenvalue weighted by molar-refractivity contribution is 0.0757. The lowest BCUT2D eigenvalue weighted by Gasteiger charge is -2.23. The molecule has 0 unspecified atom stereocenters. The van der Waals surface area contributed by atoms with E-state index in [1.807, 2.05) is 24.3 Å². The van der Waals surface area contributed by atoms with Gasteiger partial charge >= 0.3 is 0 Å². The van der Waals surface area contributed by atoms with E-state index in [1.54, 1.807) is 0 Å². The molecule has 2 aromatic carbocycles. The maximum atomic E-state index is 13.0. The van der Waals surface area contributed by atoms with Gasteiger partial charge in [0.1, 0.15) is 0 Å². The molecule has 2 heteroatoms. The first kappa shape index (κ1) is 14.5. The molecule has 2 aromatic rings. The van der Waals surface area contributed by atoms with Crippen LogP contribution in [0.3, 0.4) is 0 Å². The van der Waals surface area contributed by atoms with Crippen LogP contribution in [0, 0.1) is 17.3 Å². The number of nitrogens with zero attached hydrogens (tertiary/aromatic N) is 1. The van der Waals surface area contributed by atoms with Gasteiger partial charge in [-0.25, -0.2) is 0 Å². The van der Waals surface area contributed by atoms with Gasteiger partial charge in [0.05, 0.1) is 0 Å². The molecule has 0 N–H and O–H groups in total. The molecular weight excluding hydrogens is 282 g/mol. The van der Waals surface area contributed by atoms with Gasteiger partial charge in [0, 0.05) is 18.7 Å². The molecule has 1 saturated heterocycles. The van der Waals surface area contributed by atoms with E-state index in [9.17, 15) is 4.79 Å². The maximum absolute atomic E-state index is 13.0. The average molecular weight is 305 g/mol. The van der Waals surface area contributed by atoms with Crippen LogP contribution >= 0.6 is 0 Å². The van der Waals surface area contributed by atoms with Gasteiger partial charge in [-0.3, -0.25) is 4.79 Å². The van der Waals surface area contributed by atoms with Crippen molar-refractivity contribution in [1.82, 2.24) is 4.90 Å². The third-order valence-electron chi connectivity index (χ3n) is 5.89. The molecule has 1 saturated carbocycles. The Labute approximate surface area is 138 Å². The molecule has 0 aromatic heterocycles. The molecule has 2 fully saturated rings. The van der Waals surface area contributed by atoms with Crippen LogP contribution in [-0.4, -0.2) is 23.9 Å². The van der Waals surface area contributed by atoms with Crippen LogP contribution < -0.4 is 0 Å². The molecule has 2 atom stereocenters. The molecule has 1 heterocycles. The highest BCUT2D eigenvalue weighted by Crippen LogP contribution is 2.62. The van der Waals surface area contributed by atoms with Gasteiger partial charge in [-0.2, -0.15) is 0 Å². The fourth-order valence-corrected chi connectivity index (χ4v) is 4.17. The van der Waals surface area contributed by atoms with Crippen LogP contribution in [0.2, 0.25) is 0 Å².